The number of hydrogen-bond donors (Lipinski definition) is 2. The van der Waals surface area contributed by atoms with Crippen LogP contribution in [0.2, 0.25) is 0 Å². The quantitative estimate of drug-likeness (QED) is 0.816. The van der Waals surface area contributed by atoms with Gasteiger partial charge in [-0.3, -0.25) is 9.79 Å². The molecule has 0 spiro atoms. The van der Waals surface area contributed by atoms with E-state index in [1.54, 1.807) is 24.3 Å². The summed E-state index contributed by atoms with van der Waals surface area (Å²) in [6, 6.07) is 5.58. The van der Waals surface area contributed by atoms with Crippen LogP contribution in [0.15, 0.2) is 28.1 Å². The van der Waals surface area contributed by atoms with Crippen molar-refractivity contribution in [1.82, 2.24) is 5.32 Å². The summed E-state index contributed by atoms with van der Waals surface area (Å²) in [6.07, 6.45) is 7.57. The molecule has 2 fully saturated rings. The average Bonchev–Trinajstić information content (AvgIpc) is 2.92. The molecule has 1 aliphatic carbocycles. The third-order valence-electron chi connectivity index (χ3n) is 4.14. The number of amides is 1. The summed E-state index contributed by atoms with van der Waals surface area (Å²) in [7, 11) is 0. The molecule has 0 atom stereocenters. The van der Waals surface area contributed by atoms with Crippen LogP contribution < -0.4 is 10.1 Å². The smallest absolute Gasteiger partial charge is 0.264 e. The Morgan fingerprint density at radius 3 is 2.92 bits per heavy atom. The second kappa shape index (κ2) is 7.75. The summed E-state index contributed by atoms with van der Waals surface area (Å²) in [6.45, 7) is 2.33. The molecule has 5 nitrogen and oxygen atoms in total. The zero-order valence-electron chi connectivity index (χ0n) is 13.7. The highest BCUT2D eigenvalue weighted by Crippen LogP contribution is 2.34. The van der Waals surface area contributed by atoms with Gasteiger partial charge in [-0.05, 0) is 43.7 Å². The largest absolute Gasteiger partial charge is 0.504 e. The van der Waals surface area contributed by atoms with E-state index in [1.165, 1.54) is 31.0 Å². The minimum atomic E-state index is -0.171. The Balaban J connectivity index is 1.77. The number of para-hydroxylation sites is 1. The van der Waals surface area contributed by atoms with Crippen molar-refractivity contribution in [2.45, 2.75) is 45.1 Å². The van der Waals surface area contributed by atoms with Gasteiger partial charge in [-0.1, -0.05) is 31.4 Å². The number of ether oxygens (including phenoxy) is 1. The van der Waals surface area contributed by atoms with Crippen molar-refractivity contribution in [3.05, 3.63) is 28.7 Å². The average molecular weight is 346 g/mol. The Kier molecular flexibility index (Phi) is 5.45. The summed E-state index contributed by atoms with van der Waals surface area (Å²) in [5.41, 5.74) is 0.567. The van der Waals surface area contributed by atoms with E-state index >= 15 is 0 Å². The van der Waals surface area contributed by atoms with Crippen LogP contribution in [0.4, 0.5) is 0 Å². The van der Waals surface area contributed by atoms with Gasteiger partial charge in [0, 0.05) is 5.56 Å². The van der Waals surface area contributed by atoms with Gasteiger partial charge in [0.2, 0.25) is 0 Å². The van der Waals surface area contributed by atoms with E-state index in [1.807, 2.05) is 6.92 Å². The van der Waals surface area contributed by atoms with E-state index in [0.717, 1.165) is 12.8 Å². The number of phenolic OH excluding ortho intramolecular Hbond substituents is 1. The minimum absolute atomic E-state index is 0.0536. The van der Waals surface area contributed by atoms with E-state index in [-0.39, 0.29) is 11.7 Å². The number of nitrogens with one attached hydrogen (secondary N) is 1. The van der Waals surface area contributed by atoms with Crippen molar-refractivity contribution in [2.24, 2.45) is 4.99 Å². The highest BCUT2D eigenvalue weighted by atomic mass is 32.2. The molecule has 0 bridgehead atoms. The fraction of sp³-hybridized carbons (Fsp3) is 0.444. The number of aliphatic imine (C=N–C) groups is 1. The Bertz CT molecular complexity index is 679. The summed E-state index contributed by atoms with van der Waals surface area (Å²) in [5, 5.41) is 13.7. The highest BCUT2D eigenvalue weighted by Gasteiger charge is 2.25. The Morgan fingerprint density at radius 2 is 2.17 bits per heavy atom. The monoisotopic (exact) mass is 346 g/mol. The van der Waals surface area contributed by atoms with Crippen LogP contribution in [0.3, 0.4) is 0 Å². The van der Waals surface area contributed by atoms with Crippen LogP contribution in [0, 0.1) is 0 Å². The van der Waals surface area contributed by atoms with Crippen molar-refractivity contribution in [1.29, 1.82) is 0 Å². The van der Waals surface area contributed by atoms with Gasteiger partial charge in [0.15, 0.2) is 16.7 Å². The standard InChI is InChI=1S/C18H22N2O3S/c1-2-23-14-10-6-7-12(16(14)21)11-15-17(22)20-18(24-15)19-13-8-4-3-5-9-13/h6-7,10-11,13,21H,2-5,8-9H2,1H3,(H,19,20,22)/b15-11-. The zero-order valence-corrected chi connectivity index (χ0v) is 14.6. The Labute approximate surface area is 146 Å². The van der Waals surface area contributed by atoms with Crippen molar-refractivity contribution in [3.63, 3.8) is 0 Å². The molecule has 1 aromatic rings. The first-order chi connectivity index (χ1) is 11.7. The molecule has 1 aromatic carbocycles. The lowest BCUT2D eigenvalue weighted by atomic mass is 9.96. The number of benzene rings is 1. The first-order valence-electron chi connectivity index (χ1n) is 8.41. The molecule has 2 N–H and O–H groups in total. The summed E-state index contributed by atoms with van der Waals surface area (Å²) in [4.78, 5) is 17.4. The first kappa shape index (κ1) is 16.9. The molecule has 0 unspecified atom stereocenters. The van der Waals surface area contributed by atoms with Gasteiger partial charge in [0.25, 0.3) is 5.91 Å². The van der Waals surface area contributed by atoms with E-state index in [9.17, 15) is 9.90 Å². The summed E-state index contributed by atoms with van der Waals surface area (Å²) in [5.74, 6) is 0.306. The van der Waals surface area contributed by atoms with E-state index in [2.05, 4.69) is 10.3 Å². The molecule has 1 amide bonds. The lowest BCUT2D eigenvalue weighted by molar-refractivity contribution is -0.115. The highest BCUT2D eigenvalue weighted by molar-refractivity contribution is 8.18. The number of amidine groups is 1. The maximum Gasteiger partial charge on any atom is 0.264 e. The van der Waals surface area contributed by atoms with Crippen LogP contribution in [0.25, 0.3) is 6.08 Å². The molecule has 1 saturated carbocycles. The molecule has 1 aliphatic heterocycles. The Morgan fingerprint density at radius 1 is 1.38 bits per heavy atom. The predicted octanol–water partition coefficient (Wildman–Crippen LogP) is 3.68. The first-order valence-corrected chi connectivity index (χ1v) is 9.22. The fourth-order valence-electron chi connectivity index (χ4n) is 2.93. The van der Waals surface area contributed by atoms with Crippen LogP contribution in [0.1, 0.15) is 44.6 Å². The molecule has 6 heteroatoms. The van der Waals surface area contributed by atoms with E-state index in [0.29, 0.717) is 34.0 Å². The molecule has 24 heavy (non-hydrogen) atoms. The molecule has 128 valence electrons. The maximum absolute atomic E-state index is 12.2. The number of thioether (sulfide) groups is 1. The van der Waals surface area contributed by atoms with Crippen LogP contribution in [-0.4, -0.2) is 28.8 Å². The molecule has 0 radical (unpaired) electrons. The fourth-order valence-corrected chi connectivity index (χ4v) is 3.82. The van der Waals surface area contributed by atoms with Gasteiger partial charge < -0.3 is 15.2 Å². The third-order valence-corrected chi connectivity index (χ3v) is 5.07. The maximum atomic E-state index is 12.2. The van der Waals surface area contributed by atoms with Gasteiger partial charge in [-0.2, -0.15) is 0 Å². The van der Waals surface area contributed by atoms with Crippen molar-refractivity contribution in [3.8, 4) is 11.5 Å². The SMILES string of the molecule is CCOc1cccc(/C=C2\SC(=NC3CCCCC3)NC2=O)c1O. The number of hydrogen-bond acceptors (Lipinski definition) is 5. The van der Waals surface area contributed by atoms with Gasteiger partial charge in [-0.25, -0.2) is 0 Å². The normalized spacial score (nSPS) is 22.1. The van der Waals surface area contributed by atoms with Gasteiger partial charge in [0.05, 0.1) is 17.6 Å². The topological polar surface area (TPSA) is 70.9 Å². The van der Waals surface area contributed by atoms with Crippen LogP contribution in [0.5, 0.6) is 11.5 Å². The molecule has 3 rings (SSSR count). The van der Waals surface area contributed by atoms with Crippen molar-refractivity contribution < 1.29 is 14.6 Å². The number of carbonyl (C=O) groups excluding carboxylic acids is 1. The molecule has 1 heterocycles. The van der Waals surface area contributed by atoms with Gasteiger partial charge in [-0.15, -0.1) is 0 Å². The van der Waals surface area contributed by atoms with E-state index in [4.69, 9.17) is 4.74 Å². The van der Waals surface area contributed by atoms with Crippen molar-refractivity contribution in [2.75, 3.05) is 6.61 Å². The van der Waals surface area contributed by atoms with Crippen LogP contribution in [-0.2, 0) is 4.79 Å². The number of rotatable bonds is 4. The molecule has 2 aliphatic rings. The Hall–Kier alpha value is -1.95. The third kappa shape index (κ3) is 3.93. The second-order valence-electron chi connectivity index (χ2n) is 5.92. The molecular formula is C18H22N2O3S. The van der Waals surface area contributed by atoms with Gasteiger partial charge in [0.1, 0.15) is 0 Å². The number of nitrogens with zero attached hydrogens (tertiary/aromatic N) is 1. The molecule has 1 saturated heterocycles. The zero-order chi connectivity index (χ0) is 16.9. The number of aromatic hydroxyl groups is 1. The second-order valence-corrected chi connectivity index (χ2v) is 6.95. The van der Waals surface area contributed by atoms with E-state index < -0.39 is 0 Å². The number of carbonyl (C=O) groups is 1. The minimum Gasteiger partial charge on any atom is -0.504 e. The summed E-state index contributed by atoms with van der Waals surface area (Å²) < 4.78 is 5.38. The lowest BCUT2D eigenvalue weighted by Gasteiger charge is -2.17. The predicted molar refractivity (Wildman–Crippen MR) is 97.3 cm³/mol. The summed E-state index contributed by atoms with van der Waals surface area (Å²) >= 11 is 1.33. The van der Waals surface area contributed by atoms with Gasteiger partial charge >= 0.3 is 0 Å². The number of phenols is 1. The molecule has 0 aromatic heterocycles. The lowest BCUT2D eigenvalue weighted by Crippen LogP contribution is -2.22. The molecular weight excluding hydrogens is 324 g/mol. The van der Waals surface area contributed by atoms with Crippen LogP contribution >= 0.6 is 11.8 Å². The van der Waals surface area contributed by atoms with Crippen molar-refractivity contribution >= 4 is 28.9 Å².